The van der Waals surface area contributed by atoms with Gasteiger partial charge in [0.05, 0.1) is 18.2 Å². The number of aromatic nitrogens is 1. The van der Waals surface area contributed by atoms with Crippen LogP contribution in [0.25, 0.3) is 10.9 Å². The Morgan fingerprint density at radius 1 is 1.33 bits per heavy atom. The van der Waals surface area contributed by atoms with Crippen molar-refractivity contribution in [3.8, 4) is 0 Å². The Labute approximate surface area is 123 Å². The van der Waals surface area contributed by atoms with E-state index < -0.39 is 0 Å². The zero-order valence-electron chi connectivity index (χ0n) is 12.0. The Balaban J connectivity index is 2.03. The SMILES string of the molecule is COC(=O)c1ccnc2ccc(N3CCCCOC3)cc12. The standard InChI is InChI=1S/C16H18N2O3/c1-20-16(19)13-6-7-17-15-5-4-12(10-14(13)15)18-8-2-3-9-21-11-18/h4-7,10H,2-3,8-9,11H2,1H3. The quantitative estimate of drug-likeness (QED) is 0.794. The Hall–Kier alpha value is -2.14. The van der Waals surface area contributed by atoms with E-state index in [1.165, 1.54) is 7.11 Å². The highest BCUT2D eigenvalue weighted by molar-refractivity contribution is 6.04. The summed E-state index contributed by atoms with van der Waals surface area (Å²) in [4.78, 5) is 18.4. The minimum Gasteiger partial charge on any atom is -0.465 e. The van der Waals surface area contributed by atoms with E-state index in [2.05, 4.69) is 9.88 Å². The van der Waals surface area contributed by atoms with E-state index in [0.29, 0.717) is 12.3 Å². The molecule has 1 fully saturated rings. The molecular weight excluding hydrogens is 268 g/mol. The maximum absolute atomic E-state index is 11.9. The summed E-state index contributed by atoms with van der Waals surface area (Å²) in [5.41, 5.74) is 2.38. The third-order valence-electron chi connectivity index (χ3n) is 3.71. The fraction of sp³-hybridized carbons (Fsp3) is 0.375. The Morgan fingerprint density at radius 3 is 3.10 bits per heavy atom. The highest BCUT2D eigenvalue weighted by Gasteiger charge is 2.14. The molecule has 1 aliphatic rings. The molecule has 2 heterocycles. The molecule has 1 aliphatic heterocycles. The smallest absolute Gasteiger partial charge is 0.338 e. The molecule has 0 bridgehead atoms. The van der Waals surface area contributed by atoms with Crippen LogP contribution in [0, 0.1) is 0 Å². The van der Waals surface area contributed by atoms with Crippen LogP contribution in [-0.2, 0) is 9.47 Å². The molecule has 0 saturated carbocycles. The van der Waals surface area contributed by atoms with E-state index in [-0.39, 0.29) is 5.97 Å². The predicted octanol–water partition coefficient (Wildman–Crippen LogP) is 2.60. The molecule has 110 valence electrons. The van der Waals surface area contributed by atoms with Crippen molar-refractivity contribution in [1.29, 1.82) is 0 Å². The molecular formula is C16H18N2O3. The van der Waals surface area contributed by atoms with E-state index in [0.717, 1.165) is 42.6 Å². The molecule has 0 radical (unpaired) electrons. The van der Waals surface area contributed by atoms with E-state index in [4.69, 9.17) is 9.47 Å². The number of carbonyl (C=O) groups is 1. The minimum atomic E-state index is -0.341. The summed E-state index contributed by atoms with van der Waals surface area (Å²) in [5, 5.41) is 0.811. The summed E-state index contributed by atoms with van der Waals surface area (Å²) >= 11 is 0. The number of nitrogens with zero attached hydrogens (tertiary/aromatic N) is 2. The first-order chi connectivity index (χ1) is 10.3. The number of methoxy groups -OCH3 is 1. The monoisotopic (exact) mass is 286 g/mol. The first kappa shape index (κ1) is 13.8. The first-order valence-corrected chi connectivity index (χ1v) is 7.09. The lowest BCUT2D eigenvalue weighted by Gasteiger charge is -2.22. The molecule has 2 aromatic rings. The fourth-order valence-corrected chi connectivity index (χ4v) is 2.57. The van der Waals surface area contributed by atoms with Gasteiger partial charge in [0.15, 0.2) is 0 Å². The topological polar surface area (TPSA) is 51.7 Å². The molecule has 0 N–H and O–H groups in total. The van der Waals surface area contributed by atoms with Crippen LogP contribution < -0.4 is 4.90 Å². The third kappa shape index (κ3) is 2.83. The van der Waals surface area contributed by atoms with Gasteiger partial charge in [0, 0.05) is 30.4 Å². The number of esters is 1. The normalized spacial score (nSPS) is 15.8. The maximum Gasteiger partial charge on any atom is 0.338 e. The highest BCUT2D eigenvalue weighted by atomic mass is 16.5. The van der Waals surface area contributed by atoms with Gasteiger partial charge in [-0.2, -0.15) is 0 Å². The van der Waals surface area contributed by atoms with Crippen LogP contribution in [0.4, 0.5) is 5.69 Å². The molecule has 1 aromatic carbocycles. The van der Waals surface area contributed by atoms with E-state index in [1.54, 1.807) is 12.3 Å². The summed E-state index contributed by atoms with van der Waals surface area (Å²) in [6, 6.07) is 7.63. The average molecular weight is 286 g/mol. The molecule has 0 aliphatic carbocycles. The van der Waals surface area contributed by atoms with Crippen LogP contribution in [0.5, 0.6) is 0 Å². The van der Waals surface area contributed by atoms with Gasteiger partial charge < -0.3 is 14.4 Å². The maximum atomic E-state index is 11.9. The number of benzene rings is 1. The van der Waals surface area contributed by atoms with Crippen molar-refractivity contribution in [2.45, 2.75) is 12.8 Å². The van der Waals surface area contributed by atoms with Crippen LogP contribution in [0.15, 0.2) is 30.5 Å². The second-order valence-corrected chi connectivity index (χ2v) is 5.06. The predicted molar refractivity (Wildman–Crippen MR) is 80.5 cm³/mol. The third-order valence-corrected chi connectivity index (χ3v) is 3.71. The van der Waals surface area contributed by atoms with E-state index in [1.807, 2.05) is 18.2 Å². The number of hydrogen-bond acceptors (Lipinski definition) is 5. The van der Waals surface area contributed by atoms with Gasteiger partial charge in [-0.15, -0.1) is 0 Å². The van der Waals surface area contributed by atoms with Crippen LogP contribution in [-0.4, -0.2) is 37.9 Å². The number of rotatable bonds is 2. The zero-order valence-corrected chi connectivity index (χ0v) is 12.0. The second kappa shape index (κ2) is 6.10. The minimum absolute atomic E-state index is 0.341. The van der Waals surface area contributed by atoms with Crippen LogP contribution >= 0.6 is 0 Å². The molecule has 1 saturated heterocycles. The first-order valence-electron chi connectivity index (χ1n) is 7.09. The zero-order chi connectivity index (χ0) is 14.7. The van der Waals surface area contributed by atoms with Crippen molar-refractivity contribution in [2.24, 2.45) is 0 Å². The summed E-state index contributed by atoms with van der Waals surface area (Å²) in [6.45, 7) is 2.34. The molecule has 0 amide bonds. The van der Waals surface area contributed by atoms with Gasteiger partial charge in [-0.1, -0.05) is 0 Å². The molecule has 0 atom stereocenters. The molecule has 5 nitrogen and oxygen atoms in total. The Morgan fingerprint density at radius 2 is 2.24 bits per heavy atom. The Kier molecular flexibility index (Phi) is 4.01. The largest absolute Gasteiger partial charge is 0.465 e. The van der Waals surface area contributed by atoms with Crippen LogP contribution in [0.2, 0.25) is 0 Å². The number of carbonyl (C=O) groups excluding carboxylic acids is 1. The number of fused-ring (bicyclic) bond motifs is 1. The molecule has 1 aromatic heterocycles. The van der Waals surface area contributed by atoms with E-state index >= 15 is 0 Å². The lowest BCUT2D eigenvalue weighted by Crippen LogP contribution is -2.25. The van der Waals surface area contributed by atoms with Crippen molar-refractivity contribution in [2.75, 3.05) is 31.9 Å². The summed E-state index contributed by atoms with van der Waals surface area (Å²) in [6.07, 6.45) is 3.82. The number of ether oxygens (including phenoxy) is 2. The molecule has 0 unspecified atom stereocenters. The highest BCUT2D eigenvalue weighted by Crippen LogP contribution is 2.25. The summed E-state index contributed by atoms with van der Waals surface area (Å²) in [7, 11) is 1.39. The van der Waals surface area contributed by atoms with Crippen LogP contribution in [0.3, 0.4) is 0 Å². The number of hydrogen-bond donors (Lipinski definition) is 0. The van der Waals surface area contributed by atoms with Gasteiger partial charge in [0.25, 0.3) is 0 Å². The molecule has 5 heteroatoms. The molecule has 21 heavy (non-hydrogen) atoms. The van der Waals surface area contributed by atoms with Gasteiger partial charge in [-0.05, 0) is 37.1 Å². The lowest BCUT2D eigenvalue weighted by atomic mass is 10.1. The van der Waals surface area contributed by atoms with Gasteiger partial charge in [-0.3, -0.25) is 4.98 Å². The Bertz CT molecular complexity index is 649. The lowest BCUT2D eigenvalue weighted by molar-refractivity contribution is 0.0603. The van der Waals surface area contributed by atoms with Gasteiger partial charge >= 0.3 is 5.97 Å². The second-order valence-electron chi connectivity index (χ2n) is 5.06. The molecule has 3 rings (SSSR count). The van der Waals surface area contributed by atoms with Gasteiger partial charge in [0.1, 0.15) is 6.73 Å². The van der Waals surface area contributed by atoms with Crippen LogP contribution in [0.1, 0.15) is 23.2 Å². The number of pyridine rings is 1. The molecule has 0 spiro atoms. The summed E-state index contributed by atoms with van der Waals surface area (Å²) < 4.78 is 10.4. The average Bonchev–Trinajstić information content (AvgIpc) is 2.82. The van der Waals surface area contributed by atoms with Crippen molar-refractivity contribution >= 4 is 22.6 Å². The van der Waals surface area contributed by atoms with E-state index in [9.17, 15) is 4.79 Å². The fourth-order valence-electron chi connectivity index (χ4n) is 2.57. The number of anilines is 1. The van der Waals surface area contributed by atoms with Crippen molar-refractivity contribution in [3.05, 3.63) is 36.0 Å². The van der Waals surface area contributed by atoms with Gasteiger partial charge in [-0.25, -0.2) is 4.79 Å². The van der Waals surface area contributed by atoms with Gasteiger partial charge in [0.2, 0.25) is 0 Å². The van der Waals surface area contributed by atoms with Crippen molar-refractivity contribution < 1.29 is 14.3 Å². The van der Waals surface area contributed by atoms with Crippen molar-refractivity contribution in [3.63, 3.8) is 0 Å². The van der Waals surface area contributed by atoms with Crippen molar-refractivity contribution in [1.82, 2.24) is 4.98 Å². The summed E-state index contributed by atoms with van der Waals surface area (Å²) in [5.74, 6) is -0.341.